The van der Waals surface area contributed by atoms with Gasteiger partial charge >= 0.3 is 12.1 Å². The predicted octanol–water partition coefficient (Wildman–Crippen LogP) is 14.2. The summed E-state index contributed by atoms with van der Waals surface area (Å²) in [5.41, 5.74) is 0.989. The third-order valence-electron chi connectivity index (χ3n) is 12.5. The number of hydrogen-bond donors (Lipinski definition) is 2. The van der Waals surface area contributed by atoms with Crippen LogP contribution in [-0.2, 0) is 23.7 Å². The van der Waals surface area contributed by atoms with Crippen LogP contribution in [0.4, 0.5) is 4.79 Å². The molecule has 4 unspecified atom stereocenters. The summed E-state index contributed by atoms with van der Waals surface area (Å²) in [6.45, 7) is 11.4. The van der Waals surface area contributed by atoms with Crippen molar-refractivity contribution < 1.29 is 38.7 Å². The highest BCUT2D eigenvalue weighted by Gasteiger charge is 2.20. The number of ether oxygens (including phenoxy) is 4. The van der Waals surface area contributed by atoms with Crippen LogP contribution in [0, 0.1) is 0 Å². The number of rotatable bonds is 47. The van der Waals surface area contributed by atoms with Crippen LogP contribution in [0.3, 0.4) is 0 Å². The summed E-state index contributed by atoms with van der Waals surface area (Å²) in [5.74, 6) is -0.0386. The van der Waals surface area contributed by atoms with Crippen molar-refractivity contribution in [2.24, 2.45) is 0 Å². The number of pyridine rings is 1. The van der Waals surface area contributed by atoms with Crippen molar-refractivity contribution in [3.63, 3.8) is 0 Å². The Morgan fingerprint density at radius 1 is 0.578 bits per heavy atom. The zero-order chi connectivity index (χ0) is 46.6. The van der Waals surface area contributed by atoms with E-state index in [9.17, 15) is 19.8 Å². The molecule has 2 N–H and O–H groups in total. The first-order chi connectivity index (χ1) is 31.4. The predicted molar refractivity (Wildman–Crippen MR) is 264 cm³/mol. The van der Waals surface area contributed by atoms with E-state index in [-0.39, 0.29) is 37.5 Å². The molecule has 0 saturated carbocycles. The van der Waals surface area contributed by atoms with Crippen molar-refractivity contribution in [1.82, 2.24) is 9.88 Å². The minimum atomic E-state index is -0.937. The van der Waals surface area contributed by atoms with Crippen LogP contribution >= 0.6 is 0 Å². The standard InChI is InChI=1S/C54H100N2O8/c1-5-9-13-17-19-27-34-50(33-25-15-11-7-3)63-53(59)37-29-21-22-30-42-56(45-52(62-47-49(58)46-57)48-38-40-55-41-39-48)43-31-23-24-32-44-61-54(60)64-51(35-26-16-12-8-4)36-28-20-18-14-10-6-2/h38-41,49-52,57-58H,5-37,42-47H2,1-4H3. The van der Waals surface area contributed by atoms with Gasteiger partial charge in [-0.15, -0.1) is 0 Å². The second-order valence-corrected chi connectivity index (χ2v) is 18.6. The summed E-state index contributed by atoms with van der Waals surface area (Å²) >= 11 is 0. The number of carbonyl (C=O) groups excluding carboxylic acids is 2. The molecule has 0 amide bonds. The molecule has 1 heterocycles. The second kappa shape index (κ2) is 44.6. The van der Waals surface area contributed by atoms with E-state index in [0.29, 0.717) is 19.6 Å². The molecule has 4 atom stereocenters. The fraction of sp³-hybridized carbons (Fsp3) is 0.870. The lowest BCUT2D eigenvalue weighted by molar-refractivity contribution is -0.150. The average Bonchev–Trinajstić information content (AvgIpc) is 3.30. The monoisotopic (exact) mass is 905 g/mol. The molecule has 1 aromatic rings. The van der Waals surface area contributed by atoms with Crippen LogP contribution in [0.2, 0.25) is 0 Å². The Labute approximate surface area is 393 Å². The van der Waals surface area contributed by atoms with Gasteiger partial charge in [0.25, 0.3) is 0 Å². The normalized spacial score (nSPS) is 13.5. The number of carbonyl (C=O) groups is 2. The average molecular weight is 905 g/mol. The number of unbranched alkanes of at least 4 members (excludes halogenated alkanes) is 22. The summed E-state index contributed by atoms with van der Waals surface area (Å²) in [6, 6.07) is 3.90. The van der Waals surface area contributed by atoms with E-state index < -0.39 is 12.3 Å². The zero-order valence-electron chi connectivity index (χ0n) is 41.9. The summed E-state index contributed by atoms with van der Waals surface area (Å²) in [6.07, 6.45) is 38.1. The highest BCUT2D eigenvalue weighted by atomic mass is 16.7. The van der Waals surface area contributed by atoms with E-state index in [0.717, 1.165) is 121 Å². The van der Waals surface area contributed by atoms with Crippen LogP contribution in [0.15, 0.2) is 24.5 Å². The van der Waals surface area contributed by atoms with Crippen LogP contribution in [0.1, 0.15) is 251 Å². The number of esters is 1. The smallest absolute Gasteiger partial charge is 0.462 e. The van der Waals surface area contributed by atoms with E-state index in [4.69, 9.17) is 18.9 Å². The van der Waals surface area contributed by atoms with E-state index >= 15 is 0 Å². The van der Waals surface area contributed by atoms with Gasteiger partial charge in [0.2, 0.25) is 0 Å². The van der Waals surface area contributed by atoms with Gasteiger partial charge in [-0.25, -0.2) is 4.79 Å². The Hall–Kier alpha value is -2.27. The minimum Gasteiger partial charge on any atom is -0.462 e. The molecule has 10 heteroatoms. The molecule has 1 rings (SSSR count). The highest BCUT2D eigenvalue weighted by molar-refractivity contribution is 5.69. The van der Waals surface area contributed by atoms with Crippen LogP contribution < -0.4 is 0 Å². The molecule has 0 aromatic carbocycles. The maximum atomic E-state index is 12.9. The molecule has 0 aliphatic heterocycles. The fourth-order valence-electron chi connectivity index (χ4n) is 8.39. The maximum Gasteiger partial charge on any atom is 0.508 e. The lowest BCUT2D eigenvalue weighted by Gasteiger charge is -2.28. The van der Waals surface area contributed by atoms with Gasteiger partial charge in [0.05, 0.1) is 25.9 Å². The Bertz CT molecular complexity index is 1160. The van der Waals surface area contributed by atoms with Crippen molar-refractivity contribution in [3.8, 4) is 0 Å². The quantitative estimate of drug-likeness (QED) is 0.0482. The first kappa shape index (κ1) is 59.7. The van der Waals surface area contributed by atoms with Crippen molar-refractivity contribution >= 4 is 12.1 Å². The lowest BCUT2D eigenvalue weighted by atomic mass is 10.0. The van der Waals surface area contributed by atoms with Gasteiger partial charge in [-0.1, -0.05) is 156 Å². The zero-order valence-corrected chi connectivity index (χ0v) is 41.9. The molecule has 374 valence electrons. The van der Waals surface area contributed by atoms with Crippen LogP contribution in [0.5, 0.6) is 0 Å². The molecule has 0 aliphatic rings. The molecule has 0 fully saturated rings. The highest BCUT2D eigenvalue weighted by Crippen LogP contribution is 2.22. The van der Waals surface area contributed by atoms with Crippen molar-refractivity contribution in [2.45, 2.75) is 264 Å². The van der Waals surface area contributed by atoms with Gasteiger partial charge in [-0.3, -0.25) is 9.78 Å². The lowest BCUT2D eigenvalue weighted by Crippen LogP contribution is -2.33. The largest absolute Gasteiger partial charge is 0.508 e. The number of aliphatic hydroxyl groups excluding tert-OH is 2. The topological polar surface area (TPSA) is 128 Å². The Balaban J connectivity index is 2.64. The fourth-order valence-corrected chi connectivity index (χ4v) is 8.39. The van der Waals surface area contributed by atoms with E-state index in [1.54, 1.807) is 12.4 Å². The SMILES string of the molecule is CCCCCCCCC(CCCCCC)OC(=O)CCCCCCN(CCCCCCOC(=O)OC(CCCCCC)CCCCCCCC)CC(OCC(O)CO)c1ccncc1. The van der Waals surface area contributed by atoms with Crippen LogP contribution in [-0.4, -0.2) is 90.0 Å². The molecular weight excluding hydrogens is 805 g/mol. The van der Waals surface area contributed by atoms with E-state index in [2.05, 4.69) is 37.6 Å². The summed E-state index contributed by atoms with van der Waals surface area (Å²) in [4.78, 5) is 32.2. The number of aromatic nitrogens is 1. The molecule has 0 saturated heterocycles. The second-order valence-electron chi connectivity index (χ2n) is 18.6. The van der Waals surface area contributed by atoms with E-state index in [1.165, 1.54) is 103 Å². The van der Waals surface area contributed by atoms with Gasteiger partial charge < -0.3 is 34.1 Å². The molecule has 10 nitrogen and oxygen atoms in total. The van der Waals surface area contributed by atoms with Gasteiger partial charge in [0.1, 0.15) is 18.3 Å². The van der Waals surface area contributed by atoms with Crippen molar-refractivity contribution in [2.75, 3.05) is 39.5 Å². The first-order valence-electron chi connectivity index (χ1n) is 26.9. The summed E-state index contributed by atoms with van der Waals surface area (Å²) in [7, 11) is 0. The van der Waals surface area contributed by atoms with Gasteiger partial charge in [0, 0.05) is 25.4 Å². The number of nitrogens with zero attached hydrogens (tertiary/aromatic N) is 2. The molecule has 0 aliphatic carbocycles. The van der Waals surface area contributed by atoms with Gasteiger partial charge in [-0.05, 0) is 108 Å². The molecule has 0 bridgehead atoms. The minimum absolute atomic E-state index is 0.0386. The number of aliphatic hydroxyl groups is 2. The maximum absolute atomic E-state index is 12.9. The number of hydrogen-bond acceptors (Lipinski definition) is 10. The van der Waals surface area contributed by atoms with Crippen LogP contribution in [0.25, 0.3) is 0 Å². The third-order valence-corrected chi connectivity index (χ3v) is 12.5. The Morgan fingerprint density at radius 3 is 1.53 bits per heavy atom. The van der Waals surface area contributed by atoms with Gasteiger partial charge in [0.15, 0.2) is 0 Å². The summed E-state index contributed by atoms with van der Waals surface area (Å²) < 4.78 is 23.6. The summed E-state index contributed by atoms with van der Waals surface area (Å²) in [5, 5.41) is 19.6. The third kappa shape index (κ3) is 35.9. The Morgan fingerprint density at radius 2 is 1.02 bits per heavy atom. The first-order valence-corrected chi connectivity index (χ1v) is 26.9. The van der Waals surface area contributed by atoms with Crippen molar-refractivity contribution in [3.05, 3.63) is 30.1 Å². The van der Waals surface area contributed by atoms with E-state index in [1.807, 2.05) is 12.1 Å². The Kier molecular flexibility index (Phi) is 41.6. The molecule has 64 heavy (non-hydrogen) atoms. The molecular formula is C54H100N2O8. The molecule has 0 radical (unpaired) electrons. The van der Waals surface area contributed by atoms with Crippen molar-refractivity contribution in [1.29, 1.82) is 0 Å². The van der Waals surface area contributed by atoms with Gasteiger partial charge in [-0.2, -0.15) is 0 Å². The molecule has 0 spiro atoms. The molecule has 1 aromatic heterocycles.